The van der Waals surface area contributed by atoms with Crippen LogP contribution in [0.5, 0.6) is 0 Å². The monoisotopic (exact) mass is 434 g/mol. The molecule has 0 unspecified atom stereocenters. The van der Waals surface area contributed by atoms with Crippen molar-refractivity contribution in [3.8, 4) is 5.82 Å². The van der Waals surface area contributed by atoms with Gasteiger partial charge >= 0.3 is 0 Å². The van der Waals surface area contributed by atoms with Crippen LogP contribution in [0, 0.1) is 5.41 Å². The van der Waals surface area contributed by atoms with Gasteiger partial charge in [0.25, 0.3) is 5.91 Å². The average Bonchev–Trinajstić information content (AvgIpc) is 3.45. The number of pyridine rings is 1. The van der Waals surface area contributed by atoms with Gasteiger partial charge in [0, 0.05) is 30.1 Å². The van der Waals surface area contributed by atoms with Crippen molar-refractivity contribution in [3.63, 3.8) is 0 Å². The quantitative estimate of drug-likeness (QED) is 0.360. The van der Waals surface area contributed by atoms with Crippen LogP contribution in [0.25, 0.3) is 16.3 Å². The second-order valence-electron chi connectivity index (χ2n) is 8.15. The number of amides is 2. The molecule has 1 aliphatic heterocycles. The van der Waals surface area contributed by atoms with Gasteiger partial charge < -0.3 is 5.32 Å². The Morgan fingerprint density at radius 3 is 2.88 bits per heavy atom. The molecule has 12 nitrogen and oxygen atoms in total. The fourth-order valence-electron chi connectivity index (χ4n) is 3.48. The van der Waals surface area contributed by atoms with Crippen molar-refractivity contribution >= 4 is 23.3 Å². The first-order chi connectivity index (χ1) is 15.3. The average molecular weight is 434 g/mol. The maximum absolute atomic E-state index is 12.9. The molecule has 0 aromatic carbocycles. The molecule has 0 bridgehead atoms. The molecule has 1 aliphatic rings. The van der Waals surface area contributed by atoms with Crippen LogP contribution in [-0.2, 0) is 18.4 Å². The molecule has 0 saturated carbocycles. The molecule has 0 atom stereocenters. The molecule has 0 radical (unpaired) electrons. The zero-order valence-corrected chi connectivity index (χ0v) is 17.9. The first kappa shape index (κ1) is 21.1. The second kappa shape index (κ2) is 8.16. The molecule has 0 spiro atoms. The topological polar surface area (TPSA) is 147 Å². The Morgan fingerprint density at radius 2 is 2.16 bits per heavy atom. The molecule has 1 N–H and O–H groups in total. The first-order valence-electron chi connectivity index (χ1n) is 9.97. The predicted molar refractivity (Wildman–Crippen MR) is 116 cm³/mol. The summed E-state index contributed by atoms with van der Waals surface area (Å²) in [4.78, 5) is 34.4. The largest absolute Gasteiger partial charge is 0.316 e. The summed E-state index contributed by atoms with van der Waals surface area (Å²) in [7, 11) is 1.73. The van der Waals surface area contributed by atoms with Gasteiger partial charge in [-0.05, 0) is 29.6 Å². The number of azide groups is 1. The van der Waals surface area contributed by atoms with Gasteiger partial charge in [-0.2, -0.15) is 10.2 Å². The highest BCUT2D eigenvalue weighted by atomic mass is 16.2. The number of nitrogens with one attached hydrogen (secondary N) is 1. The van der Waals surface area contributed by atoms with Crippen molar-refractivity contribution in [1.82, 2.24) is 24.5 Å². The van der Waals surface area contributed by atoms with Crippen LogP contribution in [0.15, 0.2) is 41.9 Å². The Bertz CT molecular complexity index is 1230. The number of hydrogen-bond donors (Lipinski definition) is 1. The minimum atomic E-state index is -0.462. The third-order valence-corrected chi connectivity index (χ3v) is 5.25. The standard InChI is InChI=1S/C20H22N10O2/c1-20(2)7-8-29(19(20)32)17-15(12-28(3)26-17)25-18(31)14-5-4-6-16(24-14)30-11-13(10-23-30)9-22-27-21/h4-6,10-12H,7-9H2,1-3H3,(H,25,31). The van der Waals surface area contributed by atoms with Crippen molar-refractivity contribution in [2.45, 2.75) is 26.8 Å². The summed E-state index contributed by atoms with van der Waals surface area (Å²) < 4.78 is 3.06. The number of rotatable bonds is 6. The lowest BCUT2D eigenvalue weighted by atomic mass is 9.92. The summed E-state index contributed by atoms with van der Waals surface area (Å²) in [6.45, 7) is 4.52. The Hall–Kier alpha value is -4.18. The molecule has 32 heavy (non-hydrogen) atoms. The predicted octanol–water partition coefficient (Wildman–Crippen LogP) is 2.83. The van der Waals surface area contributed by atoms with Gasteiger partial charge in [-0.1, -0.05) is 25.0 Å². The van der Waals surface area contributed by atoms with E-state index in [4.69, 9.17) is 5.53 Å². The second-order valence-corrected chi connectivity index (χ2v) is 8.15. The van der Waals surface area contributed by atoms with Gasteiger partial charge in [0.1, 0.15) is 11.4 Å². The normalized spacial score (nSPS) is 15.0. The van der Waals surface area contributed by atoms with Gasteiger partial charge in [0.05, 0.1) is 18.9 Å². The van der Waals surface area contributed by atoms with Crippen molar-refractivity contribution in [3.05, 3.63) is 58.5 Å². The minimum absolute atomic E-state index is 0.0259. The smallest absolute Gasteiger partial charge is 0.274 e. The fraction of sp³-hybridized carbons (Fsp3) is 0.350. The highest BCUT2D eigenvalue weighted by Gasteiger charge is 2.41. The van der Waals surface area contributed by atoms with E-state index in [1.54, 1.807) is 53.4 Å². The Morgan fingerprint density at radius 1 is 1.34 bits per heavy atom. The van der Waals surface area contributed by atoms with Crippen LogP contribution >= 0.6 is 0 Å². The van der Waals surface area contributed by atoms with E-state index >= 15 is 0 Å². The molecular weight excluding hydrogens is 412 g/mol. The third kappa shape index (κ3) is 4.03. The van der Waals surface area contributed by atoms with E-state index in [9.17, 15) is 9.59 Å². The third-order valence-electron chi connectivity index (χ3n) is 5.25. The molecule has 0 aliphatic carbocycles. The van der Waals surface area contributed by atoms with E-state index in [1.165, 1.54) is 4.68 Å². The zero-order valence-electron chi connectivity index (χ0n) is 17.9. The van der Waals surface area contributed by atoms with Crippen molar-refractivity contribution in [2.24, 2.45) is 17.6 Å². The molecule has 1 fully saturated rings. The summed E-state index contributed by atoms with van der Waals surface area (Å²) >= 11 is 0. The lowest BCUT2D eigenvalue weighted by Gasteiger charge is -2.18. The van der Waals surface area contributed by atoms with Crippen LogP contribution < -0.4 is 10.2 Å². The Labute approximate surface area is 183 Å². The van der Waals surface area contributed by atoms with Crippen molar-refractivity contribution < 1.29 is 9.59 Å². The van der Waals surface area contributed by atoms with Crippen LogP contribution in [0.3, 0.4) is 0 Å². The summed E-state index contributed by atoms with van der Waals surface area (Å²) in [6.07, 6.45) is 5.62. The van der Waals surface area contributed by atoms with E-state index in [1.807, 2.05) is 13.8 Å². The van der Waals surface area contributed by atoms with Crippen molar-refractivity contribution in [2.75, 3.05) is 16.8 Å². The van der Waals surface area contributed by atoms with Gasteiger partial charge in [-0.25, -0.2) is 9.67 Å². The molecule has 3 aromatic heterocycles. The molecule has 4 rings (SSSR count). The Kier molecular flexibility index (Phi) is 5.37. The molecule has 3 aromatic rings. The maximum atomic E-state index is 12.9. The van der Waals surface area contributed by atoms with E-state index in [0.717, 1.165) is 5.56 Å². The number of hydrogen-bond acceptors (Lipinski definition) is 6. The number of aryl methyl sites for hydroxylation is 1. The van der Waals surface area contributed by atoms with Crippen LogP contribution in [-0.4, -0.2) is 42.9 Å². The molecular formula is C20H22N10O2. The zero-order chi connectivity index (χ0) is 22.9. The number of carbonyl (C=O) groups excluding carboxylic acids is 2. The van der Waals surface area contributed by atoms with Crippen LogP contribution in [0.2, 0.25) is 0 Å². The van der Waals surface area contributed by atoms with Gasteiger partial charge in [0.2, 0.25) is 5.91 Å². The summed E-state index contributed by atoms with van der Waals surface area (Å²) in [6, 6.07) is 4.99. The van der Waals surface area contributed by atoms with Crippen molar-refractivity contribution in [1.29, 1.82) is 0 Å². The molecule has 2 amide bonds. The van der Waals surface area contributed by atoms with Gasteiger partial charge in [-0.3, -0.25) is 19.2 Å². The lowest BCUT2D eigenvalue weighted by Crippen LogP contribution is -2.32. The highest BCUT2D eigenvalue weighted by molar-refractivity contribution is 6.07. The summed E-state index contributed by atoms with van der Waals surface area (Å²) in [5, 5.41) is 14.9. The highest BCUT2D eigenvalue weighted by Crippen LogP contribution is 2.36. The van der Waals surface area contributed by atoms with E-state index in [0.29, 0.717) is 30.3 Å². The van der Waals surface area contributed by atoms with Gasteiger partial charge in [-0.15, -0.1) is 0 Å². The van der Waals surface area contributed by atoms with E-state index < -0.39 is 11.3 Å². The fourth-order valence-corrected chi connectivity index (χ4v) is 3.48. The SMILES string of the molecule is Cn1cc(NC(=O)c2cccc(-n3cc(CN=[N+]=[N-])cn3)n2)c(N2CCC(C)(C)C2=O)n1. The summed E-state index contributed by atoms with van der Waals surface area (Å²) in [5.74, 6) is 0.394. The van der Waals surface area contributed by atoms with Crippen LogP contribution in [0.1, 0.15) is 36.3 Å². The van der Waals surface area contributed by atoms with E-state index in [-0.39, 0.29) is 18.1 Å². The number of carbonyl (C=O) groups is 2. The number of aromatic nitrogens is 5. The Balaban J connectivity index is 1.56. The van der Waals surface area contributed by atoms with E-state index in [2.05, 4.69) is 30.5 Å². The number of nitrogens with zero attached hydrogens (tertiary/aromatic N) is 9. The molecule has 4 heterocycles. The molecule has 164 valence electrons. The number of anilines is 2. The molecule has 12 heteroatoms. The maximum Gasteiger partial charge on any atom is 0.274 e. The lowest BCUT2D eigenvalue weighted by molar-refractivity contribution is -0.124. The first-order valence-corrected chi connectivity index (χ1v) is 9.97. The molecule has 1 saturated heterocycles. The van der Waals surface area contributed by atoms with Gasteiger partial charge in [0.15, 0.2) is 11.6 Å². The summed E-state index contributed by atoms with van der Waals surface area (Å²) in [5.41, 5.74) is 9.32. The minimum Gasteiger partial charge on any atom is -0.316 e. The van der Waals surface area contributed by atoms with Crippen LogP contribution in [0.4, 0.5) is 11.5 Å².